The molecule has 0 aliphatic heterocycles. The highest BCUT2D eigenvalue weighted by Gasteiger charge is 1.90. The summed E-state index contributed by atoms with van der Waals surface area (Å²) in [6.45, 7) is 7.44. The van der Waals surface area contributed by atoms with Crippen molar-refractivity contribution in [2.24, 2.45) is 0 Å². The molecule has 0 rings (SSSR count). The highest BCUT2D eigenvalue weighted by atomic mass is 16.6. The zero-order valence-electron chi connectivity index (χ0n) is 10.3. The first-order valence-corrected chi connectivity index (χ1v) is 4.94. The van der Waals surface area contributed by atoms with Gasteiger partial charge < -0.3 is 19.7 Å². The van der Waals surface area contributed by atoms with Gasteiger partial charge in [-0.2, -0.15) is 0 Å². The van der Waals surface area contributed by atoms with E-state index < -0.39 is 6.29 Å². The van der Waals surface area contributed by atoms with Crippen LogP contribution in [0.25, 0.3) is 0 Å². The first kappa shape index (κ1) is 19.9. The summed E-state index contributed by atoms with van der Waals surface area (Å²) in [6.07, 6.45) is 0.0984. The van der Waals surface area contributed by atoms with Crippen LogP contribution in [0.2, 0.25) is 0 Å². The molecule has 94 valence electrons. The van der Waals surface area contributed by atoms with Crippen molar-refractivity contribution in [3.63, 3.8) is 0 Å². The minimum absolute atomic E-state index is 0.211. The predicted octanol–water partition coefficient (Wildman–Crippen LogP) is 0.929. The number of rotatable bonds is 3. The molecule has 5 heteroatoms. The number of hydrogen-bond donors (Lipinski definition) is 2. The molecule has 15 heavy (non-hydrogen) atoms. The molecule has 0 bridgehead atoms. The van der Waals surface area contributed by atoms with E-state index in [9.17, 15) is 4.79 Å². The summed E-state index contributed by atoms with van der Waals surface area (Å²) in [6, 6.07) is 0. The molecule has 0 saturated heterocycles. The van der Waals surface area contributed by atoms with E-state index in [1.807, 2.05) is 6.92 Å². The van der Waals surface area contributed by atoms with Gasteiger partial charge in [-0.3, -0.25) is 4.79 Å². The summed E-state index contributed by atoms with van der Waals surface area (Å²) in [5, 5.41) is 16.0. The fourth-order valence-corrected chi connectivity index (χ4v) is 0.370. The van der Waals surface area contributed by atoms with Crippen LogP contribution in [0.5, 0.6) is 0 Å². The number of esters is 1. The molecule has 0 amide bonds. The molecular weight excluding hydrogens is 200 g/mol. The molecule has 0 radical (unpaired) electrons. The van der Waals surface area contributed by atoms with Crippen molar-refractivity contribution in [2.45, 2.75) is 40.4 Å². The third-order valence-electron chi connectivity index (χ3n) is 0.969. The van der Waals surface area contributed by atoms with Crippen LogP contribution in [0.3, 0.4) is 0 Å². The summed E-state index contributed by atoms with van der Waals surface area (Å²) >= 11 is 0. The maximum Gasteiger partial charge on any atom is 0.302 e. The topological polar surface area (TPSA) is 76.0 Å². The average molecular weight is 224 g/mol. The van der Waals surface area contributed by atoms with E-state index >= 15 is 0 Å². The zero-order chi connectivity index (χ0) is 12.7. The number of carbonyl (C=O) groups excluding carboxylic acids is 1. The molecule has 0 aliphatic carbocycles. The van der Waals surface area contributed by atoms with Crippen LogP contribution in [0.4, 0.5) is 0 Å². The molecule has 0 aromatic rings. The highest BCUT2D eigenvalue weighted by Crippen LogP contribution is 1.85. The van der Waals surface area contributed by atoms with Crippen molar-refractivity contribution in [1.82, 2.24) is 0 Å². The number of ether oxygens (including phenoxy) is 2. The third kappa shape index (κ3) is 42.7. The maximum absolute atomic E-state index is 9.82. The lowest BCUT2D eigenvalue weighted by atomic mass is 10.5. The molecule has 5 nitrogen and oxygen atoms in total. The van der Waals surface area contributed by atoms with Gasteiger partial charge in [0, 0.05) is 20.6 Å². The molecule has 0 aromatic heterocycles. The molecule has 1 unspecified atom stereocenters. The minimum atomic E-state index is -0.565. The predicted molar refractivity (Wildman–Crippen MR) is 58.4 cm³/mol. The van der Waals surface area contributed by atoms with Crippen LogP contribution >= 0.6 is 0 Å². The van der Waals surface area contributed by atoms with Gasteiger partial charge in [0.25, 0.3) is 0 Å². The van der Waals surface area contributed by atoms with Gasteiger partial charge in [-0.05, 0) is 20.3 Å². The minimum Gasteiger partial charge on any atom is -0.466 e. The van der Waals surface area contributed by atoms with Crippen molar-refractivity contribution in [3.05, 3.63) is 0 Å². The Kier molecular flexibility index (Phi) is 25.2. The zero-order valence-corrected chi connectivity index (χ0v) is 10.3. The Labute approximate surface area is 92.0 Å². The second-order valence-corrected chi connectivity index (χ2v) is 2.34. The van der Waals surface area contributed by atoms with Crippen molar-refractivity contribution in [2.75, 3.05) is 20.3 Å². The maximum atomic E-state index is 9.82. The first-order chi connectivity index (χ1) is 6.99. The smallest absolute Gasteiger partial charge is 0.302 e. The van der Waals surface area contributed by atoms with Crippen LogP contribution in [0.1, 0.15) is 34.1 Å². The molecule has 0 spiro atoms. The number of carbonyl (C=O) groups is 1. The quantitative estimate of drug-likeness (QED) is 0.551. The third-order valence-corrected chi connectivity index (χ3v) is 0.969. The van der Waals surface area contributed by atoms with E-state index in [0.717, 1.165) is 0 Å². The molecule has 0 fully saturated rings. The van der Waals surface area contributed by atoms with E-state index in [2.05, 4.69) is 9.47 Å². The lowest BCUT2D eigenvalue weighted by molar-refractivity contribution is -0.140. The number of aliphatic hydroxyl groups excluding tert-OH is 2. The van der Waals surface area contributed by atoms with Crippen LogP contribution in [-0.4, -0.2) is 42.8 Å². The fraction of sp³-hybridized carbons (Fsp3) is 0.900. The average Bonchev–Trinajstić information content (AvgIpc) is 2.18. The summed E-state index contributed by atoms with van der Waals surface area (Å²) in [7, 11) is 1.48. The fourth-order valence-electron chi connectivity index (χ4n) is 0.370. The molecule has 0 heterocycles. The Balaban J connectivity index is -0.000000153. The second kappa shape index (κ2) is 19.0. The number of hydrogen-bond acceptors (Lipinski definition) is 5. The van der Waals surface area contributed by atoms with Gasteiger partial charge >= 0.3 is 5.97 Å². The van der Waals surface area contributed by atoms with E-state index in [-0.39, 0.29) is 12.6 Å². The first-order valence-electron chi connectivity index (χ1n) is 4.94. The van der Waals surface area contributed by atoms with Crippen LogP contribution in [0.15, 0.2) is 0 Å². The summed E-state index contributed by atoms with van der Waals surface area (Å²) < 4.78 is 8.86. The van der Waals surface area contributed by atoms with Crippen molar-refractivity contribution in [1.29, 1.82) is 0 Å². The van der Waals surface area contributed by atoms with Crippen molar-refractivity contribution < 1.29 is 24.5 Å². The Morgan fingerprint density at radius 2 is 1.73 bits per heavy atom. The SMILES string of the molecule is CCC(O)OC.CCO.CCOC(C)=O. The van der Waals surface area contributed by atoms with Crippen molar-refractivity contribution in [3.8, 4) is 0 Å². The molecule has 0 saturated carbocycles. The van der Waals surface area contributed by atoms with Crippen LogP contribution in [0, 0.1) is 0 Å². The normalized spacial score (nSPS) is 10.1. The van der Waals surface area contributed by atoms with Gasteiger partial charge in [0.2, 0.25) is 0 Å². The van der Waals surface area contributed by atoms with Gasteiger partial charge in [0.15, 0.2) is 6.29 Å². The highest BCUT2D eigenvalue weighted by molar-refractivity contribution is 5.65. The van der Waals surface area contributed by atoms with Gasteiger partial charge in [0.1, 0.15) is 0 Å². The Morgan fingerprint density at radius 3 is 1.73 bits per heavy atom. The molecule has 0 aliphatic rings. The monoisotopic (exact) mass is 224 g/mol. The van der Waals surface area contributed by atoms with E-state index in [0.29, 0.717) is 13.0 Å². The summed E-state index contributed by atoms with van der Waals surface area (Å²) in [5.41, 5.74) is 0. The second-order valence-electron chi connectivity index (χ2n) is 2.34. The van der Waals surface area contributed by atoms with Gasteiger partial charge in [-0.15, -0.1) is 0 Å². The van der Waals surface area contributed by atoms with Crippen molar-refractivity contribution >= 4 is 5.97 Å². The Hall–Kier alpha value is -0.650. The van der Waals surface area contributed by atoms with Crippen LogP contribution in [-0.2, 0) is 14.3 Å². The standard InChI is InChI=1S/C4H10O2.C4H8O2.C2H6O/c1-3-4(5)6-2;1-3-6-4(2)5;1-2-3/h4-5H,3H2,1-2H3;3H2,1-2H3;3H,2H2,1H3. The molecule has 0 aromatic carbocycles. The molecule has 1 atom stereocenters. The van der Waals surface area contributed by atoms with Crippen LogP contribution < -0.4 is 0 Å². The van der Waals surface area contributed by atoms with Gasteiger partial charge in [-0.25, -0.2) is 0 Å². The lowest BCUT2D eigenvalue weighted by Crippen LogP contribution is -2.05. The largest absolute Gasteiger partial charge is 0.466 e. The van der Waals surface area contributed by atoms with E-state index in [1.54, 1.807) is 13.8 Å². The summed E-state index contributed by atoms with van der Waals surface area (Å²) in [4.78, 5) is 9.82. The lowest BCUT2D eigenvalue weighted by Gasteiger charge is -2.00. The summed E-state index contributed by atoms with van der Waals surface area (Å²) in [5.74, 6) is -0.211. The van der Waals surface area contributed by atoms with E-state index in [4.69, 9.17) is 10.2 Å². The molecular formula is C10H24O5. The van der Waals surface area contributed by atoms with Gasteiger partial charge in [-0.1, -0.05) is 6.92 Å². The Bertz CT molecular complexity index is 112. The number of aliphatic hydroxyl groups is 2. The van der Waals surface area contributed by atoms with E-state index in [1.165, 1.54) is 14.0 Å². The number of methoxy groups -OCH3 is 1. The molecule has 2 N–H and O–H groups in total. The Morgan fingerprint density at radius 1 is 1.33 bits per heavy atom. The van der Waals surface area contributed by atoms with Gasteiger partial charge in [0.05, 0.1) is 6.61 Å².